The number of ether oxygens (including phenoxy) is 2. The van der Waals surface area contributed by atoms with E-state index in [1.807, 2.05) is 0 Å². The number of aliphatic carboxylic acids is 1. The van der Waals surface area contributed by atoms with E-state index in [1.165, 1.54) is 61.7 Å². The van der Waals surface area contributed by atoms with Gasteiger partial charge in [0.2, 0.25) is 5.91 Å². The lowest BCUT2D eigenvalue weighted by Crippen LogP contribution is -2.35. The summed E-state index contributed by atoms with van der Waals surface area (Å²) in [6.45, 7) is -0.890. The Morgan fingerprint density at radius 2 is 1.49 bits per heavy atom. The first-order valence-electron chi connectivity index (χ1n) is 14.0. The number of halogens is 6. The van der Waals surface area contributed by atoms with E-state index >= 15 is 0 Å². The van der Waals surface area contributed by atoms with Gasteiger partial charge in [-0.05, 0) is 71.8 Å². The van der Waals surface area contributed by atoms with Crippen molar-refractivity contribution in [3.05, 3.63) is 119 Å². The van der Waals surface area contributed by atoms with Crippen LogP contribution in [0.2, 0.25) is 0 Å². The van der Waals surface area contributed by atoms with Crippen molar-refractivity contribution >= 4 is 29.4 Å². The fraction of sp³-hybridized carbons (Fsp3) is 0.182. The maximum Gasteiger partial charge on any atom is 0.417 e. The molecule has 3 aromatic carbocycles. The summed E-state index contributed by atoms with van der Waals surface area (Å²) >= 11 is 0. The third kappa shape index (κ3) is 9.79. The smallest absolute Gasteiger partial charge is 0.417 e. The van der Waals surface area contributed by atoms with Crippen molar-refractivity contribution in [1.82, 2.24) is 9.88 Å². The first-order valence-corrected chi connectivity index (χ1v) is 14.0. The Balaban J connectivity index is 1.39. The highest BCUT2D eigenvalue weighted by atomic mass is 19.4. The van der Waals surface area contributed by atoms with Gasteiger partial charge in [-0.15, -0.1) is 0 Å². The number of benzene rings is 3. The third-order valence-corrected chi connectivity index (χ3v) is 6.81. The summed E-state index contributed by atoms with van der Waals surface area (Å²) in [7, 11) is 1.21. The zero-order chi connectivity index (χ0) is 35.9. The van der Waals surface area contributed by atoms with Gasteiger partial charge >= 0.3 is 24.3 Å². The maximum absolute atomic E-state index is 13.5. The Hall–Kier alpha value is -5.93. The Kier molecular flexibility index (Phi) is 10.9. The molecule has 0 atom stereocenters. The number of alkyl halides is 6. The molecule has 2 N–H and O–H groups in total. The van der Waals surface area contributed by atoms with Gasteiger partial charge in [0.05, 0.1) is 24.7 Å². The van der Waals surface area contributed by atoms with E-state index in [4.69, 9.17) is 9.47 Å². The van der Waals surface area contributed by atoms with Crippen LogP contribution in [0, 0.1) is 0 Å². The number of amides is 2. The molecule has 0 aliphatic rings. The molecular weight excluding hydrogens is 664 g/mol. The molecule has 10 nitrogen and oxygen atoms in total. The van der Waals surface area contributed by atoms with Crippen LogP contribution in [0.1, 0.15) is 43.1 Å². The highest BCUT2D eigenvalue weighted by Gasteiger charge is 2.34. The highest BCUT2D eigenvalue weighted by Crippen LogP contribution is 2.35. The largest absolute Gasteiger partial charge is 0.497 e. The number of nitrogens with one attached hydrogen (secondary N) is 1. The second kappa shape index (κ2) is 14.9. The molecule has 0 fully saturated rings. The summed E-state index contributed by atoms with van der Waals surface area (Å²) in [6.07, 6.45) is -9.46. The average Bonchev–Trinajstić information content (AvgIpc) is 3.04. The Bertz CT molecular complexity index is 1830. The number of hydrogen-bond donors (Lipinski definition) is 2. The van der Waals surface area contributed by atoms with Gasteiger partial charge in [0.1, 0.15) is 23.7 Å². The summed E-state index contributed by atoms with van der Waals surface area (Å²) in [6, 6.07) is 15.6. The number of methoxy groups -OCH3 is 1. The summed E-state index contributed by atoms with van der Waals surface area (Å²) in [4.78, 5) is 54.0. The van der Waals surface area contributed by atoms with Gasteiger partial charge in [0, 0.05) is 24.0 Å². The molecule has 0 spiro atoms. The summed E-state index contributed by atoms with van der Waals surface area (Å²) in [5.74, 6) is -3.81. The molecule has 4 rings (SSSR count). The van der Waals surface area contributed by atoms with Crippen LogP contribution in [0.15, 0.2) is 85.1 Å². The van der Waals surface area contributed by atoms with E-state index in [1.54, 1.807) is 0 Å². The fourth-order valence-electron chi connectivity index (χ4n) is 4.45. The minimum Gasteiger partial charge on any atom is -0.497 e. The molecule has 1 aromatic heterocycles. The maximum atomic E-state index is 13.5. The number of carboxylic acids is 1. The van der Waals surface area contributed by atoms with Crippen LogP contribution in [-0.4, -0.2) is 52.4 Å². The quantitative estimate of drug-likeness (QED) is 0.107. The predicted molar refractivity (Wildman–Crippen MR) is 160 cm³/mol. The number of hydrogen-bond acceptors (Lipinski definition) is 7. The topological polar surface area (TPSA) is 135 Å². The Morgan fingerprint density at radius 3 is 2.04 bits per heavy atom. The van der Waals surface area contributed by atoms with Gasteiger partial charge in [-0.25, -0.2) is 9.78 Å². The van der Waals surface area contributed by atoms with E-state index in [0.29, 0.717) is 17.8 Å². The molecule has 0 saturated heterocycles. The summed E-state index contributed by atoms with van der Waals surface area (Å²) < 4.78 is 88.6. The van der Waals surface area contributed by atoms with Gasteiger partial charge < -0.3 is 24.8 Å². The molecule has 0 aliphatic heterocycles. The molecule has 4 aromatic rings. The van der Waals surface area contributed by atoms with Gasteiger partial charge in [0.15, 0.2) is 0 Å². The van der Waals surface area contributed by atoms with E-state index < -0.39 is 60.2 Å². The van der Waals surface area contributed by atoms with Crippen LogP contribution in [0.4, 0.5) is 32.0 Å². The molecule has 49 heavy (non-hydrogen) atoms. The number of carboxylic acid groups (broad SMARTS) is 1. The van der Waals surface area contributed by atoms with E-state index in [2.05, 4.69) is 10.3 Å². The standard InChI is InChI=1S/C33H25F6N3O7/c1-48-25-12-6-21(26(15-25)33(37,38)39)14-28(43)41-23-8-4-20(5-9-23)30(46)42(18-29(44)45)17-19-2-10-24(11-3-19)49-31(47)27-13-7-22(16-40-27)32(34,35)36/h2-13,15-16H,14,17-18H2,1H3,(H,41,43)(H,44,45). The first-order chi connectivity index (χ1) is 23.0. The molecule has 2 amide bonds. The zero-order valence-electron chi connectivity index (χ0n) is 25.3. The molecule has 256 valence electrons. The molecule has 1 heterocycles. The van der Waals surface area contributed by atoms with Crippen molar-refractivity contribution in [2.24, 2.45) is 0 Å². The van der Waals surface area contributed by atoms with Crippen molar-refractivity contribution in [3.63, 3.8) is 0 Å². The van der Waals surface area contributed by atoms with E-state index in [-0.39, 0.29) is 40.6 Å². The lowest BCUT2D eigenvalue weighted by molar-refractivity contribution is -0.139. The summed E-state index contributed by atoms with van der Waals surface area (Å²) in [5.41, 5.74) is -2.05. The van der Waals surface area contributed by atoms with Crippen molar-refractivity contribution < 1.29 is 60.1 Å². The van der Waals surface area contributed by atoms with Crippen LogP contribution in [0.25, 0.3) is 0 Å². The van der Waals surface area contributed by atoms with Gasteiger partial charge in [-0.1, -0.05) is 18.2 Å². The number of carbonyl (C=O) groups is 4. The molecular formula is C33H25F6N3O7. The average molecular weight is 690 g/mol. The minimum atomic E-state index is -4.72. The number of aromatic nitrogens is 1. The minimum absolute atomic E-state index is 0.00538. The molecule has 0 aliphatic carbocycles. The molecule has 0 radical (unpaired) electrons. The van der Waals surface area contributed by atoms with Crippen molar-refractivity contribution in [2.75, 3.05) is 19.0 Å². The second-order valence-electron chi connectivity index (χ2n) is 10.3. The lowest BCUT2D eigenvalue weighted by Gasteiger charge is -2.21. The summed E-state index contributed by atoms with van der Waals surface area (Å²) in [5, 5.41) is 11.9. The van der Waals surface area contributed by atoms with Crippen molar-refractivity contribution in [3.8, 4) is 11.5 Å². The predicted octanol–water partition coefficient (Wildman–Crippen LogP) is 6.26. The van der Waals surface area contributed by atoms with Gasteiger partial charge in [-0.2, -0.15) is 26.3 Å². The Labute approximate surface area is 273 Å². The molecule has 0 bridgehead atoms. The lowest BCUT2D eigenvalue weighted by atomic mass is 10.0. The number of esters is 1. The fourth-order valence-corrected chi connectivity index (χ4v) is 4.45. The number of nitrogens with zero attached hydrogens (tertiary/aromatic N) is 2. The Morgan fingerprint density at radius 1 is 0.837 bits per heavy atom. The zero-order valence-corrected chi connectivity index (χ0v) is 25.3. The van der Waals surface area contributed by atoms with Gasteiger partial charge in [-0.3, -0.25) is 14.4 Å². The van der Waals surface area contributed by atoms with Crippen molar-refractivity contribution in [2.45, 2.75) is 25.3 Å². The number of carbonyl (C=O) groups excluding carboxylic acids is 3. The monoisotopic (exact) mass is 689 g/mol. The molecule has 0 unspecified atom stereocenters. The number of rotatable bonds is 11. The van der Waals surface area contributed by atoms with Crippen LogP contribution in [0.5, 0.6) is 11.5 Å². The third-order valence-electron chi connectivity index (χ3n) is 6.81. The van der Waals surface area contributed by atoms with Gasteiger partial charge in [0.25, 0.3) is 5.91 Å². The van der Waals surface area contributed by atoms with E-state index in [0.717, 1.165) is 23.1 Å². The molecule has 16 heteroatoms. The number of pyridine rings is 1. The SMILES string of the molecule is COc1ccc(CC(=O)Nc2ccc(C(=O)N(CC(=O)O)Cc3ccc(OC(=O)c4ccc(C(F)(F)F)cn4)cc3)cc2)c(C(F)(F)F)c1. The van der Waals surface area contributed by atoms with E-state index in [9.17, 15) is 50.6 Å². The molecule has 0 saturated carbocycles. The van der Waals surface area contributed by atoms with Crippen molar-refractivity contribution in [1.29, 1.82) is 0 Å². The van der Waals surface area contributed by atoms with Crippen LogP contribution in [0.3, 0.4) is 0 Å². The van der Waals surface area contributed by atoms with Crippen LogP contribution in [-0.2, 0) is 34.9 Å². The normalized spacial score (nSPS) is 11.4. The van der Waals surface area contributed by atoms with Crippen LogP contribution < -0.4 is 14.8 Å². The van der Waals surface area contributed by atoms with Crippen LogP contribution >= 0.6 is 0 Å². The second-order valence-corrected chi connectivity index (χ2v) is 10.3. The highest BCUT2D eigenvalue weighted by molar-refractivity contribution is 5.97. The first kappa shape index (κ1) is 35.9. The number of anilines is 1.